The van der Waals surface area contributed by atoms with Crippen LogP contribution in [0.25, 0.3) is 0 Å². The highest BCUT2D eigenvalue weighted by atomic mass is 35.5. The van der Waals surface area contributed by atoms with E-state index in [2.05, 4.69) is 9.88 Å². The number of amides is 1. The van der Waals surface area contributed by atoms with Crippen molar-refractivity contribution in [2.75, 3.05) is 0 Å². The fourth-order valence-electron chi connectivity index (χ4n) is 1.91. The molecule has 0 saturated carbocycles. The van der Waals surface area contributed by atoms with E-state index in [1.54, 1.807) is 6.07 Å². The number of halogens is 1. The summed E-state index contributed by atoms with van der Waals surface area (Å²) in [7, 11) is 1.99. The molecule has 0 atom stereocenters. The van der Waals surface area contributed by atoms with Crippen molar-refractivity contribution in [1.29, 1.82) is 0 Å². The number of nitrogens with one attached hydrogen (secondary N) is 1. The second kappa shape index (κ2) is 5.93. The predicted octanol–water partition coefficient (Wildman–Crippen LogP) is 2.85. The first-order chi connectivity index (χ1) is 9.08. The van der Waals surface area contributed by atoms with E-state index >= 15 is 0 Å². The molecular weight excluding hydrogens is 260 g/mol. The van der Waals surface area contributed by atoms with Crippen molar-refractivity contribution in [2.45, 2.75) is 19.9 Å². The number of hydrogen-bond acceptors (Lipinski definition) is 1. The molecule has 0 unspecified atom stereocenters. The third kappa shape index (κ3) is 3.38. The molecule has 1 aromatic heterocycles. The molecule has 3 nitrogen and oxygen atoms in total. The van der Waals surface area contributed by atoms with Crippen molar-refractivity contribution in [3.63, 3.8) is 0 Å². The van der Waals surface area contributed by atoms with Gasteiger partial charge in [0.1, 0.15) is 0 Å². The number of aromatic nitrogens is 1. The number of rotatable bonds is 4. The number of nitrogens with zero attached hydrogens (tertiary/aromatic N) is 1. The first-order valence-electron chi connectivity index (χ1n) is 6.19. The molecule has 0 fully saturated rings. The van der Waals surface area contributed by atoms with Crippen LogP contribution in [0.4, 0.5) is 0 Å². The summed E-state index contributed by atoms with van der Waals surface area (Å²) in [5.74, 6) is -0.0213. The van der Waals surface area contributed by atoms with Gasteiger partial charge >= 0.3 is 0 Å². The van der Waals surface area contributed by atoms with E-state index in [1.807, 2.05) is 44.3 Å². The van der Waals surface area contributed by atoms with Gasteiger partial charge in [0, 0.05) is 23.5 Å². The summed E-state index contributed by atoms with van der Waals surface area (Å²) in [5, 5.41) is 3.54. The van der Waals surface area contributed by atoms with Gasteiger partial charge in [-0.25, -0.2) is 0 Å². The Balaban J connectivity index is 1.92. The number of carbonyl (C=O) groups excluding carboxylic acids is 1. The maximum atomic E-state index is 11.9. The van der Waals surface area contributed by atoms with E-state index in [9.17, 15) is 4.79 Å². The van der Waals surface area contributed by atoms with Crippen molar-refractivity contribution in [2.24, 2.45) is 7.05 Å². The summed E-state index contributed by atoms with van der Waals surface area (Å²) in [6.45, 7) is 2.57. The highest BCUT2D eigenvalue weighted by Crippen LogP contribution is 2.15. The van der Waals surface area contributed by atoms with Gasteiger partial charge in [-0.05, 0) is 30.7 Å². The van der Waals surface area contributed by atoms with Crippen molar-refractivity contribution >= 4 is 17.5 Å². The van der Waals surface area contributed by atoms with E-state index in [0.29, 0.717) is 18.0 Å². The lowest BCUT2D eigenvalue weighted by atomic mass is 10.1. The average Bonchev–Trinajstić information content (AvgIpc) is 2.70. The van der Waals surface area contributed by atoms with Crippen molar-refractivity contribution in [3.05, 3.63) is 58.4 Å². The van der Waals surface area contributed by atoms with Gasteiger partial charge in [-0.2, -0.15) is 0 Å². The first-order valence-corrected chi connectivity index (χ1v) is 6.57. The molecule has 1 amide bonds. The van der Waals surface area contributed by atoms with Crippen LogP contribution >= 0.6 is 11.6 Å². The topological polar surface area (TPSA) is 34.0 Å². The molecule has 0 aliphatic rings. The normalized spacial score (nSPS) is 10.5. The zero-order valence-electron chi connectivity index (χ0n) is 11.1. The van der Waals surface area contributed by atoms with Gasteiger partial charge in [-0.15, -0.1) is 0 Å². The molecule has 2 aromatic rings. The van der Waals surface area contributed by atoms with Gasteiger partial charge < -0.3 is 9.88 Å². The Morgan fingerprint density at radius 3 is 2.63 bits per heavy atom. The van der Waals surface area contributed by atoms with Crippen molar-refractivity contribution < 1.29 is 4.79 Å². The monoisotopic (exact) mass is 276 g/mol. The maximum Gasteiger partial charge on any atom is 0.224 e. The summed E-state index contributed by atoms with van der Waals surface area (Å²) in [5.41, 5.74) is 3.12. The fourth-order valence-corrected chi connectivity index (χ4v) is 2.11. The van der Waals surface area contributed by atoms with Crippen LogP contribution in [0.3, 0.4) is 0 Å². The van der Waals surface area contributed by atoms with Crippen LogP contribution in [0, 0.1) is 6.92 Å². The highest BCUT2D eigenvalue weighted by Gasteiger charge is 2.07. The lowest BCUT2D eigenvalue weighted by Gasteiger charge is -2.08. The molecule has 100 valence electrons. The third-order valence-electron chi connectivity index (χ3n) is 3.25. The Bertz CT molecular complexity index is 590. The molecular formula is C15H17ClN2O. The predicted molar refractivity (Wildman–Crippen MR) is 77.2 cm³/mol. The molecule has 0 aliphatic heterocycles. The van der Waals surface area contributed by atoms with Gasteiger partial charge in [0.15, 0.2) is 0 Å². The van der Waals surface area contributed by atoms with Gasteiger partial charge in [0.25, 0.3) is 0 Å². The molecule has 0 bridgehead atoms. The van der Waals surface area contributed by atoms with Crippen molar-refractivity contribution in [1.82, 2.24) is 9.88 Å². The summed E-state index contributed by atoms with van der Waals surface area (Å²) in [4.78, 5) is 11.9. The zero-order valence-corrected chi connectivity index (χ0v) is 11.9. The van der Waals surface area contributed by atoms with E-state index in [-0.39, 0.29) is 5.91 Å². The zero-order chi connectivity index (χ0) is 13.8. The van der Waals surface area contributed by atoms with Gasteiger partial charge in [0.2, 0.25) is 5.91 Å². The molecule has 1 heterocycles. The van der Waals surface area contributed by atoms with Crippen LogP contribution in [0.5, 0.6) is 0 Å². The van der Waals surface area contributed by atoms with Crippen LogP contribution in [-0.2, 0) is 24.8 Å². The minimum Gasteiger partial charge on any atom is -0.350 e. The van der Waals surface area contributed by atoms with E-state index < -0.39 is 0 Å². The van der Waals surface area contributed by atoms with Crippen LogP contribution in [0.1, 0.15) is 17.0 Å². The first kappa shape index (κ1) is 13.7. The fraction of sp³-hybridized carbons (Fsp3) is 0.267. The minimum absolute atomic E-state index is 0.0213. The molecule has 0 saturated heterocycles. The van der Waals surface area contributed by atoms with Crippen LogP contribution in [0.2, 0.25) is 5.02 Å². The molecule has 0 aliphatic carbocycles. The second-order valence-corrected chi connectivity index (χ2v) is 4.98. The Morgan fingerprint density at radius 2 is 2.00 bits per heavy atom. The van der Waals surface area contributed by atoms with E-state index in [4.69, 9.17) is 11.6 Å². The lowest BCUT2D eigenvalue weighted by Crippen LogP contribution is -2.25. The Labute approximate surface area is 118 Å². The van der Waals surface area contributed by atoms with E-state index in [1.165, 1.54) is 5.69 Å². The number of carbonyl (C=O) groups is 1. The molecule has 0 radical (unpaired) electrons. The summed E-state index contributed by atoms with van der Waals surface area (Å²) < 4.78 is 2.07. The Morgan fingerprint density at radius 1 is 1.26 bits per heavy atom. The van der Waals surface area contributed by atoms with Gasteiger partial charge in [0.05, 0.1) is 13.0 Å². The maximum absolute atomic E-state index is 11.9. The van der Waals surface area contributed by atoms with E-state index in [0.717, 1.165) is 11.3 Å². The van der Waals surface area contributed by atoms with Gasteiger partial charge in [-0.3, -0.25) is 4.79 Å². The lowest BCUT2D eigenvalue weighted by molar-refractivity contribution is -0.120. The smallest absolute Gasteiger partial charge is 0.224 e. The quantitative estimate of drug-likeness (QED) is 0.915. The average molecular weight is 277 g/mol. The molecule has 4 heteroatoms. The number of benzene rings is 1. The SMILES string of the molecule is Cc1ccc(CNC(=O)Cc2ccccc2Cl)n1C. The van der Waals surface area contributed by atoms with Gasteiger partial charge in [-0.1, -0.05) is 29.8 Å². The third-order valence-corrected chi connectivity index (χ3v) is 3.62. The summed E-state index contributed by atoms with van der Waals surface area (Å²) in [6, 6.07) is 11.5. The second-order valence-electron chi connectivity index (χ2n) is 4.57. The number of hydrogen-bond donors (Lipinski definition) is 1. The highest BCUT2D eigenvalue weighted by molar-refractivity contribution is 6.31. The minimum atomic E-state index is -0.0213. The molecule has 1 N–H and O–H groups in total. The molecule has 1 aromatic carbocycles. The largest absolute Gasteiger partial charge is 0.350 e. The Kier molecular flexibility index (Phi) is 4.27. The van der Waals surface area contributed by atoms with Crippen LogP contribution in [0.15, 0.2) is 36.4 Å². The van der Waals surface area contributed by atoms with Crippen LogP contribution in [-0.4, -0.2) is 10.5 Å². The Hall–Kier alpha value is -1.74. The van der Waals surface area contributed by atoms with Crippen molar-refractivity contribution in [3.8, 4) is 0 Å². The summed E-state index contributed by atoms with van der Waals surface area (Å²) >= 11 is 6.03. The standard InChI is InChI=1S/C15H17ClN2O/c1-11-7-8-13(18(11)2)10-17-15(19)9-12-5-3-4-6-14(12)16/h3-8H,9-10H2,1-2H3,(H,17,19). The summed E-state index contributed by atoms with van der Waals surface area (Å²) in [6.07, 6.45) is 0.309. The van der Waals surface area contributed by atoms with Crippen LogP contribution < -0.4 is 5.32 Å². The number of aryl methyl sites for hydroxylation is 1. The molecule has 0 spiro atoms. The molecule has 19 heavy (non-hydrogen) atoms. The molecule has 2 rings (SSSR count).